The van der Waals surface area contributed by atoms with Crippen molar-refractivity contribution in [3.05, 3.63) is 30.7 Å². The second-order valence-corrected chi connectivity index (χ2v) is 2.28. The molecule has 0 atom stereocenters. The fourth-order valence-electron chi connectivity index (χ4n) is 1.11. The van der Waals surface area contributed by atoms with E-state index in [2.05, 4.69) is 10.3 Å². The van der Waals surface area contributed by atoms with Gasteiger partial charge in [-0.2, -0.15) is 0 Å². The number of rotatable bonds is 1. The lowest BCUT2D eigenvalue weighted by molar-refractivity contribution is 1.06. The lowest BCUT2D eigenvalue weighted by Gasteiger charge is -1.97. The molecule has 3 nitrogen and oxygen atoms in total. The minimum atomic E-state index is 0.912. The summed E-state index contributed by atoms with van der Waals surface area (Å²) in [6.45, 7) is 0. The van der Waals surface area contributed by atoms with Gasteiger partial charge in [0.1, 0.15) is 5.69 Å². The van der Waals surface area contributed by atoms with Crippen molar-refractivity contribution in [3.8, 4) is 0 Å². The van der Waals surface area contributed by atoms with Crippen molar-refractivity contribution in [2.75, 3.05) is 7.05 Å². The number of imidazole rings is 1. The summed E-state index contributed by atoms with van der Waals surface area (Å²) in [5.74, 6) is 0. The van der Waals surface area contributed by atoms with Gasteiger partial charge in [-0.25, -0.2) is 4.98 Å². The fraction of sp³-hybridized carbons (Fsp3) is 0.125. The molecule has 0 aliphatic rings. The highest BCUT2D eigenvalue weighted by atomic mass is 15.0. The second kappa shape index (κ2) is 2.27. The third-order valence-corrected chi connectivity index (χ3v) is 1.64. The summed E-state index contributed by atoms with van der Waals surface area (Å²) >= 11 is 0. The van der Waals surface area contributed by atoms with Crippen molar-refractivity contribution in [1.82, 2.24) is 14.7 Å². The predicted octanol–water partition coefficient (Wildman–Crippen LogP) is 1.20. The largest absolute Gasteiger partial charge is 0.305 e. The van der Waals surface area contributed by atoms with Crippen molar-refractivity contribution in [3.63, 3.8) is 0 Å². The highest BCUT2D eigenvalue weighted by Gasteiger charge is 1.98. The Morgan fingerprint density at radius 1 is 1.45 bits per heavy atom. The molecule has 0 fully saturated rings. The SMILES string of the molecule is C[N]c1cccn2ccnc12. The van der Waals surface area contributed by atoms with Gasteiger partial charge in [-0.1, -0.05) is 0 Å². The first kappa shape index (κ1) is 6.22. The molecule has 0 saturated heterocycles. The van der Waals surface area contributed by atoms with E-state index in [-0.39, 0.29) is 0 Å². The summed E-state index contributed by atoms with van der Waals surface area (Å²) in [6, 6.07) is 3.90. The van der Waals surface area contributed by atoms with Crippen LogP contribution in [-0.4, -0.2) is 16.4 Å². The van der Waals surface area contributed by atoms with Crippen molar-refractivity contribution in [1.29, 1.82) is 0 Å². The average Bonchev–Trinajstić information content (AvgIpc) is 2.50. The van der Waals surface area contributed by atoms with Crippen LogP contribution in [0.25, 0.3) is 5.65 Å². The molecule has 0 amide bonds. The van der Waals surface area contributed by atoms with Gasteiger partial charge in [0, 0.05) is 25.6 Å². The van der Waals surface area contributed by atoms with Crippen LogP contribution >= 0.6 is 0 Å². The molecule has 55 valence electrons. The number of nitrogens with zero attached hydrogens (tertiary/aromatic N) is 3. The van der Waals surface area contributed by atoms with Crippen molar-refractivity contribution in [2.45, 2.75) is 0 Å². The highest BCUT2D eigenvalue weighted by Crippen LogP contribution is 2.12. The van der Waals surface area contributed by atoms with Gasteiger partial charge in [0.05, 0.1) is 0 Å². The van der Waals surface area contributed by atoms with Gasteiger partial charge in [0.2, 0.25) is 0 Å². The molecule has 1 radical (unpaired) electrons. The van der Waals surface area contributed by atoms with E-state index in [1.165, 1.54) is 0 Å². The molecule has 0 aliphatic carbocycles. The number of hydrogen-bond acceptors (Lipinski definition) is 1. The summed E-state index contributed by atoms with van der Waals surface area (Å²) in [4.78, 5) is 4.16. The van der Waals surface area contributed by atoms with Crippen LogP contribution in [0.5, 0.6) is 0 Å². The molecule has 3 heteroatoms. The minimum absolute atomic E-state index is 0.912. The number of fused-ring (bicyclic) bond motifs is 1. The third kappa shape index (κ3) is 0.852. The summed E-state index contributed by atoms with van der Waals surface area (Å²) in [7, 11) is 1.77. The second-order valence-electron chi connectivity index (χ2n) is 2.28. The van der Waals surface area contributed by atoms with E-state index in [1.54, 1.807) is 13.2 Å². The average molecular weight is 146 g/mol. The Hall–Kier alpha value is -1.51. The summed E-state index contributed by atoms with van der Waals surface area (Å²) in [5, 5.41) is 4.09. The Morgan fingerprint density at radius 3 is 3.18 bits per heavy atom. The van der Waals surface area contributed by atoms with E-state index in [0.29, 0.717) is 0 Å². The summed E-state index contributed by atoms with van der Waals surface area (Å²) in [6.07, 6.45) is 5.63. The van der Waals surface area contributed by atoms with Crippen LogP contribution in [0, 0.1) is 0 Å². The van der Waals surface area contributed by atoms with Crippen LogP contribution in [0.15, 0.2) is 30.7 Å². The van der Waals surface area contributed by atoms with Gasteiger partial charge >= 0.3 is 0 Å². The fourth-order valence-corrected chi connectivity index (χ4v) is 1.11. The molecule has 11 heavy (non-hydrogen) atoms. The lowest BCUT2D eigenvalue weighted by atomic mass is 10.4. The molecule has 2 aromatic rings. The molecular weight excluding hydrogens is 138 g/mol. The Balaban J connectivity index is 2.79. The maximum Gasteiger partial charge on any atom is 0.162 e. The first-order chi connectivity index (χ1) is 5.42. The quantitative estimate of drug-likeness (QED) is 0.594. The normalized spacial score (nSPS) is 10.3. The van der Waals surface area contributed by atoms with Crippen molar-refractivity contribution in [2.24, 2.45) is 0 Å². The van der Waals surface area contributed by atoms with Crippen LogP contribution in [0.2, 0.25) is 0 Å². The zero-order chi connectivity index (χ0) is 7.68. The van der Waals surface area contributed by atoms with E-state index < -0.39 is 0 Å². The molecule has 0 unspecified atom stereocenters. The Morgan fingerprint density at radius 2 is 2.36 bits per heavy atom. The molecule has 0 bridgehead atoms. The lowest BCUT2D eigenvalue weighted by Crippen LogP contribution is -1.91. The van der Waals surface area contributed by atoms with Crippen LogP contribution in [0.1, 0.15) is 0 Å². The van der Waals surface area contributed by atoms with Gasteiger partial charge in [-0.15, -0.1) is 0 Å². The third-order valence-electron chi connectivity index (χ3n) is 1.64. The molecule has 2 heterocycles. The van der Waals surface area contributed by atoms with Crippen LogP contribution in [0.4, 0.5) is 5.69 Å². The molecule has 0 saturated carbocycles. The topological polar surface area (TPSA) is 31.4 Å². The number of pyridine rings is 1. The van der Waals surface area contributed by atoms with Crippen LogP contribution in [-0.2, 0) is 0 Å². The monoisotopic (exact) mass is 146 g/mol. The Bertz CT molecular complexity index is 364. The number of aromatic nitrogens is 2. The van der Waals surface area contributed by atoms with Gasteiger partial charge in [0.15, 0.2) is 5.65 Å². The maximum absolute atomic E-state index is 4.16. The van der Waals surface area contributed by atoms with E-state index in [4.69, 9.17) is 0 Å². The van der Waals surface area contributed by atoms with E-state index in [1.807, 2.05) is 28.9 Å². The van der Waals surface area contributed by atoms with Gasteiger partial charge in [-0.3, -0.25) is 5.32 Å². The van der Waals surface area contributed by atoms with Crippen molar-refractivity contribution < 1.29 is 0 Å². The molecule has 0 spiro atoms. The maximum atomic E-state index is 4.16. The molecule has 0 aliphatic heterocycles. The van der Waals surface area contributed by atoms with E-state index >= 15 is 0 Å². The first-order valence-corrected chi connectivity index (χ1v) is 3.43. The molecule has 0 N–H and O–H groups in total. The first-order valence-electron chi connectivity index (χ1n) is 3.43. The Kier molecular flexibility index (Phi) is 1.28. The summed E-state index contributed by atoms with van der Waals surface area (Å²) in [5.41, 5.74) is 1.84. The van der Waals surface area contributed by atoms with Gasteiger partial charge < -0.3 is 4.40 Å². The molecular formula is C8H8N3. The molecule has 2 aromatic heterocycles. The summed E-state index contributed by atoms with van der Waals surface area (Å²) < 4.78 is 1.95. The van der Waals surface area contributed by atoms with E-state index in [9.17, 15) is 0 Å². The van der Waals surface area contributed by atoms with Gasteiger partial charge in [-0.05, 0) is 12.1 Å². The minimum Gasteiger partial charge on any atom is -0.305 e. The van der Waals surface area contributed by atoms with Gasteiger partial charge in [0.25, 0.3) is 0 Å². The zero-order valence-electron chi connectivity index (χ0n) is 6.23. The van der Waals surface area contributed by atoms with Crippen LogP contribution in [0.3, 0.4) is 0 Å². The zero-order valence-corrected chi connectivity index (χ0v) is 6.23. The standard InChI is InChI=1S/C8H8N3/c1-9-7-3-2-5-11-6-4-10-8(7)11/h2-6H,1H3. The number of hydrogen-bond donors (Lipinski definition) is 0. The predicted molar refractivity (Wildman–Crippen MR) is 42.9 cm³/mol. The highest BCUT2D eigenvalue weighted by molar-refractivity contribution is 5.62. The van der Waals surface area contributed by atoms with Crippen molar-refractivity contribution >= 4 is 11.3 Å². The Labute approximate surface area is 64.7 Å². The molecule has 0 aromatic carbocycles. The van der Waals surface area contributed by atoms with E-state index in [0.717, 1.165) is 11.3 Å². The smallest absolute Gasteiger partial charge is 0.162 e. The molecule has 2 rings (SSSR count). The van der Waals surface area contributed by atoms with Crippen LogP contribution < -0.4 is 5.32 Å².